The summed E-state index contributed by atoms with van der Waals surface area (Å²) in [6.45, 7) is 5.16. The third kappa shape index (κ3) is 4.19. The van der Waals surface area contributed by atoms with Crippen molar-refractivity contribution in [3.63, 3.8) is 0 Å². The minimum Gasteiger partial charge on any atom is -0.378 e. The van der Waals surface area contributed by atoms with Crippen molar-refractivity contribution < 1.29 is 9.53 Å². The summed E-state index contributed by atoms with van der Waals surface area (Å²) < 4.78 is 7.52. The Hall–Kier alpha value is -2.02. The van der Waals surface area contributed by atoms with Gasteiger partial charge in [0.15, 0.2) is 5.16 Å². The van der Waals surface area contributed by atoms with Crippen molar-refractivity contribution in [1.29, 1.82) is 0 Å². The highest BCUT2D eigenvalue weighted by Crippen LogP contribution is 2.30. The molecule has 1 unspecified atom stereocenters. The van der Waals surface area contributed by atoms with Crippen LogP contribution in [0.4, 0.5) is 0 Å². The molecule has 0 N–H and O–H groups in total. The van der Waals surface area contributed by atoms with Gasteiger partial charge in [0, 0.05) is 18.1 Å². The van der Waals surface area contributed by atoms with Crippen LogP contribution in [0.25, 0.3) is 11.0 Å². The number of carbonyl (C=O) groups excluding carboxylic acids is 1. The van der Waals surface area contributed by atoms with Crippen molar-refractivity contribution in [2.24, 2.45) is 0 Å². The number of hydrogen-bond donors (Lipinski definition) is 0. The van der Waals surface area contributed by atoms with Crippen LogP contribution in [0.3, 0.4) is 0 Å². The van der Waals surface area contributed by atoms with Crippen LogP contribution in [-0.4, -0.2) is 51.9 Å². The molecule has 1 atom stereocenters. The van der Waals surface area contributed by atoms with Crippen molar-refractivity contribution in [3.8, 4) is 0 Å². The monoisotopic (exact) mass is 415 g/mol. The number of morpholine rings is 1. The maximum atomic E-state index is 12.8. The van der Waals surface area contributed by atoms with E-state index in [0.717, 1.165) is 16.2 Å². The van der Waals surface area contributed by atoms with Gasteiger partial charge in [0.2, 0.25) is 5.91 Å². The fourth-order valence-corrected chi connectivity index (χ4v) is 4.51. The molecule has 1 aromatic heterocycles. The second kappa shape index (κ2) is 8.55. The molecule has 146 valence electrons. The normalized spacial score (nSPS) is 15.7. The molecule has 0 bridgehead atoms. The fourth-order valence-electron chi connectivity index (χ4n) is 3.34. The van der Waals surface area contributed by atoms with Crippen LogP contribution in [0.1, 0.15) is 12.5 Å². The zero-order valence-corrected chi connectivity index (χ0v) is 17.2. The molecule has 4 rings (SSSR count). The zero-order chi connectivity index (χ0) is 19.5. The van der Waals surface area contributed by atoms with Gasteiger partial charge in [-0.15, -0.1) is 0 Å². The average molecular weight is 416 g/mol. The first-order valence-corrected chi connectivity index (χ1v) is 10.6. The van der Waals surface area contributed by atoms with Crippen LogP contribution >= 0.6 is 23.4 Å². The van der Waals surface area contributed by atoms with Gasteiger partial charge in [0.1, 0.15) is 0 Å². The van der Waals surface area contributed by atoms with E-state index in [1.165, 1.54) is 17.3 Å². The Balaban J connectivity index is 1.63. The molecule has 1 amide bonds. The van der Waals surface area contributed by atoms with E-state index < -0.39 is 0 Å². The number of thioether (sulfide) groups is 1. The molecule has 2 heterocycles. The lowest BCUT2D eigenvalue weighted by atomic mass is 10.2. The maximum absolute atomic E-state index is 12.8. The molecule has 5 nitrogen and oxygen atoms in total. The molecule has 0 radical (unpaired) electrons. The molecule has 0 saturated carbocycles. The van der Waals surface area contributed by atoms with E-state index in [2.05, 4.69) is 16.7 Å². The predicted octanol–water partition coefficient (Wildman–Crippen LogP) is 4.08. The second-order valence-corrected chi connectivity index (χ2v) is 8.54. The number of carbonyl (C=O) groups is 1. The summed E-state index contributed by atoms with van der Waals surface area (Å²) in [5.41, 5.74) is 3.05. The molecule has 3 aromatic rings. The maximum Gasteiger partial charge on any atom is 0.236 e. The third-order valence-electron chi connectivity index (χ3n) is 4.81. The first kappa shape index (κ1) is 19.3. The molecule has 1 saturated heterocycles. The minimum atomic E-state index is -0.222. The van der Waals surface area contributed by atoms with Crippen LogP contribution in [0.5, 0.6) is 0 Å². The minimum absolute atomic E-state index is 0.129. The first-order valence-electron chi connectivity index (χ1n) is 9.35. The van der Waals surface area contributed by atoms with Crippen molar-refractivity contribution in [1.82, 2.24) is 14.5 Å². The van der Waals surface area contributed by atoms with Crippen molar-refractivity contribution in [3.05, 3.63) is 59.1 Å². The Morgan fingerprint density at radius 3 is 2.71 bits per heavy atom. The van der Waals surface area contributed by atoms with Gasteiger partial charge in [0.05, 0.1) is 36.0 Å². The molecule has 1 aliphatic heterocycles. The van der Waals surface area contributed by atoms with Gasteiger partial charge in [-0.1, -0.05) is 53.7 Å². The summed E-state index contributed by atoms with van der Waals surface area (Å²) in [5.74, 6) is 0.129. The lowest BCUT2D eigenvalue weighted by Gasteiger charge is -2.29. The summed E-state index contributed by atoms with van der Waals surface area (Å²) in [6, 6.07) is 16.0. The Kier molecular flexibility index (Phi) is 5.90. The van der Waals surface area contributed by atoms with Gasteiger partial charge < -0.3 is 14.2 Å². The van der Waals surface area contributed by atoms with Gasteiger partial charge in [-0.05, 0) is 30.7 Å². The number of aromatic nitrogens is 2. The fraction of sp³-hybridized carbons (Fsp3) is 0.333. The van der Waals surface area contributed by atoms with Gasteiger partial charge >= 0.3 is 0 Å². The Morgan fingerprint density at radius 1 is 1.21 bits per heavy atom. The summed E-state index contributed by atoms with van der Waals surface area (Å²) in [7, 11) is 0. The molecular formula is C21H22ClN3O2S. The van der Waals surface area contributed by atoms with E-state index in [9.17, 15) is 4.79 Å². The number of imidazole rings is 1. The zero-order valence-electron chi connectivity index (χ0n) is 15.7. The quantitative estimate of drug-likeness (QED) is 0.589. The molecule has 28 heavy (non-hydrogen) atoms. The van der Waals surface area contributed by atoms with E-state index in [0.29, 0.717) is 37.9 Å². The average Bonchev–Trinajstić information content (AvgIpc) is 3.04. The van der Waals surface area contributed by atoms with Gasteiger partial charge in [-0.2, -0.15) is 0 Å². The molecular weight excluding hydrogens is 394 g/mol. The highest BCUT2D eigenvalue weighted by atomic mass is 35.5. The van der Waals surface area contributed by atoms with Gasteiger partial charge in [-0.25, -0.2) is 4.98 Å². The van der Waals surface area contributed by atoms with Crippen molar-refractivity contribution >= 4 is 40.3 Å². The second-order valence-electron chi connectivity index (χ2n) is 6.80. The topological polar surface area (TPSA) is 47.4 Å². The third-order valence-corrected chi connectivity index (χ3v) is 6.12. The van der Waals surface area contributed by atoms with Crippen LogP contribution in [0.15, 0.2) is 53.7 Å². The van der Waals surface area contributed by atoms with E-state index in [1.807, 2.05) is 48.2 Å². The molecule has 1 aliphatic rings. The SMILES string of the molecule is CC(Sc1nc2cc(Cl)ccc2n1Cc1ccccc1)C(=O)N1CCOCC1. The standard InChI is InChI=1S/C21H22ClN3O2S/c1-15(20(26)24-9-11-27-12-10-24)28-21-23-18-13-17(22)7-8-19(18)25(21)14-16-5-3-2-4-6-16/h2-8,13,15H,9-12,14H2,1H3. The van der Waals surface area contributed by atoms with E-state index in [4.69, 9.17) is 21.3 Å². The summed E-state index contributed by atoms with van der Waals surface area (Å²) >= 11 is 7.67. The number of hydrogen-bond acceptors (Lipinski definition) is 4. The van der Waals surface area contributed by atoms with Crippen LogP contribution < -0.4 is 0 Å². The van der Waals surface area contributed by atoms with E-state index in [-0.39, 0.29) is 11.2 Å². The Morgan fingerprint density at radius 2 is 1.96 bits per heavy atom. The number of nitrogens with zero attached hydrogens (tertiary/aromatic N) is 3. The Labute approximate surface area is 173 Å². The first-order chi connectivity index (χ1) is 13.6. The number of fused-ring (bicyclic) bond motifs is 1. The van der Waals surface area contributed by atoms with Crippen molar-refractivity contribution in [2.75, 3.05) is 26.3 Å². The van der Waals surface area contributed by atoms with E-state index in [1.54, 1.807) is 0 Å². The number of benzene rings is 2. The van der Waals surface area contributed by atoms with Crippen LogP contribution in [0, 0.1) is 0 Å². The lowest BCUT2D eigenvalue weighted by Crippen LogP contribution is -2.44. The van der Waals surface area contributed by atoms with Gasteiger partial charge in [0.25, 0.3) is 0 Å². The molecule has 1 fully saturated rings. The highest BCUT2D eigenvalue weighted by Gasteiger charge is 2.25. The summed E-state index contributed by atoms with van der Waals surface area (Å²) in [4.78, 5) is 19.5. The summed E-state index contributed by atoms with van der Waals surface area (Å²) in [6.07, 6.45) is 0. The van der Waals surface area contributed by atoms with Crippen LogP contribution in [0.2, 0.25) is 5.02 Å². The van der Waals surface area contributed by atoms with Crippen LogP contribution in [-0.2, 0) is 16.1 Å². The smallest absolute Gasteiger partial charge is 0.236 e. The molecule has 0 spiro atoms. The van der Waals surface area contributed by atoms with E-state index >= 15 is 0 Å². The summed E-state index contributed by atoms with van der Waals surface area (Å²) in [5, 5.41) is 1.26. The molecule has 7 heteroatoms. The highest BCUT2D eigenvalue weighted by molar-refractivity contribution is 8.00. The number of amides is 1. The molecule has 0 aliphatic carbocycles. The number of ether oxygens (including phenoxy) is 1. The van der Waals surface area contributed by atoms with Gasteiger partial charge in [-0.3, -0.25) is 4.79 Å². The molecule has 2 aromatic carbocycles. The van der Waals surface area contributed by atoms with Crippen molar-refractivity contribution in [2.45, 2.75) is 23.9 Å². The number of rotatable bonds is 5. The largest absolute Gasteiger partial charge is 0.378 e. The lowest BCUT2D eigenvalue weighted by molar-refractivity contribution is -0.134. The Bertz CT molecular complexity index is 970. The number of halogens is 1. The predicted molar refractivity (Wildman–Crippen MR) is 113 cm³/mol.